The van der Waals surface area contributed by atoms with E-state index >= 15 is 0 Å². The van der Waals surface area contributed by atoms with Crippen molar-refractivity contribution in [1.29, 1.82) is 0 Å². The number of carboxylic acid groups (broad SMARTS) is 1. The Bertz CT molecular complexity index is 938. The van der Waals surface area contributed by atoms with Crippen LogP contribution in [0.1, 0.15) is 22.8 Å². The van der Waals surface area contributed by atoms with Gasteiger partial charge in [-0.25, -0.2) is 0 Å². The van der Waals surface area contributed by atoms with Gasteiger partial charge in [0.2, 0.25) is 11.8 Å². The van der Waals surface area contributed by atoms with Crippen LogP contribution in [0.5, 0.6) is 0 Å². The third-order valence-electron chi connectivity index (χ3n) is 3.38. The molecule has 0 radical (unpaired) electrons. The van der Waals surface area contributed by atoms with Gasteiger partial charge < -0.3 is 19.6 Å². The topological polar surface area (TPSA) is 108 Å². The average Bonchev–Trinajstić information content (AvgIpc) is 3.09. The predicted molar refractivity (Wildman–Crippen MR) is 94.4 cm³/mol. The molecular weight excluding hydrogens is 354 g/mol. The maximum absolute atomic E-state index is 11.0. The quantitative estimate of drug-likeness (QED) is 0.665. The normalized spacial score (nSPS) is 10.5. The Hall–Kier alpha value is -3.13. The highest BCUT2D eigenvalue weighted by molar-refractivity contribution is 7.98. The van der Waals surface area contributed by atoms with Gasteiger partial charge in [0.05, 0.1) is 5.97 Å². The second-order valence-corrected chi connectivity index (χ2v) is 6.33. The molecule has 0 saturated heterocycles. The van der Waals surface area contributed by atoms with Gasteiger partial charge in [-0.2, -0.15) is 0 Å². The third-order valence-corrected chi connectivity index (χ3v) is 4.27. The Balaban J connectivity index is 1.65. The van der Waals surface area contributed by atoms with Gasteiger partial charge in [0, 0.05) is 23.9 Å². The molecule has 3 rings (SSSR count). The van der Waals surface area contributed by atoms with Crippen molar-refractivity contribution in [3.05, 3.63) is 59.7 Å². The minimum Gasteiger partial charge on any atom is -0.545 e. The lowest BCUT2D eigenvalue weighted by atomic mass is 10.1. The molecule has 0 unspecified atom stereocenters. The number of rotatable bonds is 6. The van der Waals surface area contributed by atoms with Gasteiger partial charge in [-0.3, -0.25) is 4.79 Å². The molecule has 1 amide bonds. The number of nitrogens with one attached hydrogen (secondary N) is 1. The largest absolute Gasteiger partial charge is 0.545 e. The number of carbonyl (C=O) groups excluding carboxylic acids is 2. The van der Waals surface area contributed by atoms with Crippen LogP contribution in [-0.2, 0) is 10.5 Å². The number of aromatic nitrogens is 2. The lowest BCUT2D eigenvalue weighted by Gasteiger charge is -2.04. The maximum atomic E-state index is 11.0. The summed E-state index contributed by atoms with van der Waals surface area (Å²) in [6.45, 7) is 1.44. The van der Waals surface area contributed by atoms with E-state index in [9.17, 15) is 14.7 Å². The summed E-state index contributed by atoms with van der Waals surface area (Å²) in [5.74, 6) is -0.494. The molecule has 0 aliphatic rings. The number of carboxylic acids is 1. The summed E-state index contributed by atoms with van der Waals surface area (Å²) in [4.78, 5) is 21.9. The number of thioether (sulfide) groups is 1. The van der Waals surface area contributed by atoms with Crippen LogP contribution < -0.4 is 10.4 Å². The molecule has 26 heavy (non-hydrogen) atoms. The maximum Gasteiger partial charge on any atom is 0.277 e. The minimum absolute atomic E-state index is 0.133. The zero-order valence-electron chi connectivity index (χ0n) is 13.8. The van der Waals surface area contributed by atoms with Gasteiger partial charge in [-0.15, -0.1) is 10.2 Å². The molecule has 0 saturated carbocycles. The van der Waals surface area contributed by atoms with E-state index in [1.807, 2.05) is 6.07 Å². The lowest BCUT2D eigenvalue weighted by Crippen LogP contribution is -2.22. The Morgan fingerprint density at radius 2 is 1.92 bits per heavy atom. The van der Waals surface area contributed by atoms with Crippen molar-refractivity contribution < 1.29 is 19.1 Å². The molecule has 1 N–H and O–H groups in total. The van der Waals surface area contributed by atoms with Crippen molar-refractivity contribution in [2.45, 2.75) is 17.9 Å². The van der Waals surface area contributed by atoms with E-state index in [-0.39, 0.29) is 11.5 Å². The van der Waals surface area contributed by atoms with Crippen molar-refractivity contribution in [2.24, 2.45) is 0 Å². The Kier molecular flexibility index (Phi) is 5.33. The molecule has 1 heterocycles. The SMILES string of the molecule is CC(=O)Nc1ccc(-c2nnc(SCc3cccc(C(=O)[O-])c3)o2)cc1. The molecule has 0 atom stereocenters. The van der Waals surface area contributed by atoms with Crippen LogP contribution in [0.4, 0.5) is 5.69 Å². The van der Waals surface area contributed by atoms with E-state index < -0.39 is 5.97 Å². The van der Waals surface area contributed by atoms with Crippen LogP contribution in [0.2, 0.25) is 0 Å². The first-order valence-corrected chi connectivity index (χ1v) is 8.64. The van der Waals surface area contributed by atoms with Gasteiger partial charge in [-0.05, 0) is 41.5 Å². The molecular formula is C18H14N3O4S-. The number of anilines is 1. The Morgan fingerprint density at radius 3 is 2.62 bits per heavy atom. The van der Waals surface area contributed by atoms with E-state index in [0.29, 0.717) is 22.6 Å². The fraction of sp³-hybridized carbons (Fsp3) is 0.111. The van der Waals surface area contributed by atoms with Crippen molar-refractivity contribution >= 4 is 29.3 Å². The first-order chi connectivity index (χ1) is 12.5. The molecule has 132 valence electrons. The summed E-state index contributed by atoms with van der Waals surface area (Å²) < 4.78 is 5.61. The molecule has 0 aliphatic heterocycles. The minimum atomic E-state index is -1.21. The van der Waals surface area contributed by atoms with Crippen LogP contribution in [-0.4, -0.2) is 22.1 Å². The second kappa shape index (κ2) is 7.83. The number of aromatic carboxylic acids is 1. The standard InChI is InChI=1S/C18H15N3O4S/c1-11(22)19-15-7-5-13(6-8-15)16-20-21-18(25-16)26-10-12-3-2-4-14(9-12)17(23)24/h2-9H,10H2,1H3,(H,19,22)(H,23,24)/p-1. The van der Waals surface area contributed by atoms with Crippen LogP contribution in [0, 0.1) is 0 Å². The fourth-order valence-electron chi connectivity index (χ4n) is 2.22. The molecule has 0 spiro atoms. The van der Waals surface area contributed by atoms with Crippen LogP contribution in [0.25, 0.3) is 11.5 Å². The number of carbonyl (C=O) groups is 2. The molecule has 0 bridgehead atoms. The van der Waals surface area contributed by atoms with E-state index in [2.05, 4.69) is 15.5 Å². The van der Waals surface area contributed by atoms with E-state index in [1.165, 1.54) is 24.8 Å². The summed E-state index contributed by atoms with van der Waals surface area (Å²) in [5.41, 5.74) is 2.37. The molecule has 7 nitrogen and oxygen atoms in total. The van der Waals surface area contributed by atoms with E-state index in [1.54, 1.807) is 36.4 Å². The second-order valence-electron chi connectivity index (χ2n) is 5.41. The average molecular weight is 368 g/mol. The first-order valence-electron chi connectivity index (χ1n) is 7.66. The number of benzene rings is 2. The van der Waals surface area contributed by atoms with Crippen LogP contribution in [0.3, 0.4) is 0 Å². The van der Waals surface area contributed by atoms with Crippen molar-refractivity contribution in [3.63, 3.8) is 0 Å². The number of amides is 1. The number of hydrogen-bond donors (Lipinski definition) is 1. The zero-order valence-corrected chi connectivity index (χ0v) is 14.6. The fourth-order valence-corrected chi connectivity index (χ4v) is 2.92. The Labute approximate surface area is 153 Å². The highest BCUT2D eigenvalue weighted by atomic mass is 32.2. The van der Waals surface area contributed by atoms with Crippen LogP contribution >= 0.6 is 11.8 Å². The summed E-state index contributed by atoms with van der Waals surface area (Å²) >= 11 is 1.31. The van der Waals surface area contributed by atoms with Gasteiger partial charge >= 0.3 is 0 Å². The monoisotopic (exact) mass is 368 g/mol. The molecule has 0 aliphatic carbocycles. The third kappa shape index (κ3) is 4.48. The highest BCUT2D eigenvalue weighted by Gasteiger charge is 2.10. The summed E-state index contributed by atoms with van der Waals surface area (Å²) in [6, 6.07) is 13.6. The summed E-state index contributed by atoms with van der Waals surface area (Å²) in [6.07, 6.45) is 0. The number of hydrogen-bond acceptors (Lipinski definition) is 7. The van der Waals surface area contributed by atoms with Gasteiger partial charge in [-0.1, -0.05) is 30.0 Å². The van der Waals surface area contributed by atoms with E-state index in [0.717, 1.165) is 11.1 Å². The van der Waals surface area contributed by atoms with Gasteiger partial charge in [0.15, 0.2) is 0 Å². The molecule has 3 aromatic rings. The summed E-state index contributed by atoms with van der Waals surface area (Å²) in [7, 11) is 0. The van der Waals surface area contributed by atoms with Crippen molar-refractivity contribution in [2.75, 3.05) is 5.32 Å². The molecule has 2 aromatic carbocycles. The predicted octanol–water partition coefficient (Wildman–Crippen LogP) is 2.35. The first kappa shape index (κ1) is 17.7. The highest BCUT2D eigenvalue weighted by Crippen LogP contribution is 2.26. The Morgan fingerprint density at radius 1 is 1.15 bits per heavy atom. The molecule has 0 fully saturated rings. The lowest BCUT2D eigenvalue weighted by molar-refractivity contribution is -0.255. The van der Waals surface area contributed by atoms with Crippen molar-refractivity contribution in [3.8, 4) is 11.5 Å². The van der Waals surface area contributed by atoms with Crippen LogP contribution in [0.15, 0.2) is 58.2 Å². The van der Waals surface area contributed by atoms with E-state index in [4.69, 9.17) is 4.42 Å². The molecule has 8 heteroatoms. The van der Waals surface area contributed by atoms with Gasteiger partial charge in [0.1, 0.15) is 0 Å². The summed E-state index contributed by atoms with van der Waals surface area (Å²) in [5, 5.41) is 21.9. The van der Waals surface area contributed by atoms with Crippen molar-refractivity contribution in [1.82, 2.24) is 10.2 Å². The van der Waals surface area contributed by atoms with Gasteiger partial charge in [0.25, 0.3) is 5.22 Å². The smallest absolute Gasteiger partial charge is 0.277 e. The number of nitrogens with zero attached hydrogens (tertiary/aromatic N) is 2. The molecule has 1 aromatic heterocycles. The zero-order chi connectivity index (χ0) is 18.5.